The lowest BCUT2D eigenvalue weighted by Gasteiger charge is -2.17. The van der Waals surface area contributed by atoms with E-state index in [9.17, 15) is 9.90 Å². The molecule has 0 aromatic heterocycles. The molecular weight excluding hydrogens is 240 g/mol. The van der Waals surface area contributed by atoms with Crippen LogP contribution in [0, 0.1) is 6.92 Å². The van der Waals surface area contributed by atoms with Gasteiger partial charge in [0.2, 0.25) is 0 Å². The van der Waals surface area contributed by atoms with Gasteiger partial charge < -0.3 is 9.84 Å². The van der Waals surface area contributed by atoms with Crippen LogP contribution in [0.1, 0.15) is 30.4 Å². The number of carbonyl (C=O) groups excluding carboxylic acids is 1. The van der Waals surface area contributed by atoms with Gasteiger partial charge in [-0.25, -0.2) is 4.79 Å². The molecule has 0 amide bonds. The number of aliphatic hydroxyl groups is 1. The van der Waals surface area contributed by atoms with E-state index < -0.39 is 5.97 Å². The van der Waals surface area contributed by atoms with Gasteiger partial charge in [0.1, 0.15) is 5.76 Å². The van der Waals surface area contributed by atoms with Crippen molar-refractivity contribution in [2.75, 3.05) is 7.11 Å². The first-order valence-electron chi connectivity index (χ1n) is 6.40. The monoisotopic (exact) mass is 258 g/mol. The quantitative estimate of drug-likeness (QED) is 0.825. The van der Waals surface area contributed by atoms with Crippen LogP contribution < -0.4 is 0 Å². The van der Waals surface area contributed by atoms with E-state index in [0.717, 1.165) is 29.5 Å². The Hall–Kier alpha value is -2.03. The molecule has 1 N–H and O–H groups in total. The number of carbonyl (C=O) groups is 1. The second kappa shape index (κ2) is 5.74. The first-order chi connectivity index (χ1) is 9.13. The van der Waals surface area contributed by atoms with Crippen LogP contribution >= 0.6 is 0 Å². The highest BCUT2D eigenvalue weighted by Crippen LogP contribution is 2.30. The minimum absolute atomic E-state index is 0.0846. The molecule has 0 heterocycles. The van der Waals surface area contributed by atoms with Gasteiger partial charge in [-0.05, 0) is 49.0 Å². The van der Waals surface area contributed by atoms with E-state index in [1.165, 1.54) is 7.11 Å². The van der Waals surface area contributed by atoms with Crippen molar-refractivity contribution in [2.24, 2.45) is 0 Å². The summed E-state index contributed by atoms with van der Waals surface area (Å²) in [6, 6.07) is 7.97. The number of aryl methyl sites for hydroxylation is 1. The molecule has 0 radical (unpaired) electrons. The molecule has 1 aromatic carbocycles. The van der Waals surface area contributed by atoms with Crippen LogP contribution in [0.5, 0.6) is 0 Å². The number of esters is 1. The Morgan fingerprint density at radius 3 is 2.74 bits per heavy atom. The number of rotatable bonds is 2. The van der Waals surface area contributed by atoms with E-state index in [1.54, 1.807) is 0 Å². The van der Waals surface area contributed by atoms with Crippen LogP contribution in [0.4, 0.5) is 0 Å². The molecule has 3 nitrogen and oxygen atoms in total. The van der Waals surface area contributed by atoms with Crippen molar-refractivity contribution in [3.63, 3.8) is 0 Å². The van der Waals surface area contributed by atoms with E-state index in [1.807, 2.05) is 37.3 Å². The van der Waals surface area contributed by atoms with Crippen LogP contribution in [0.3, 0.4) is 0 Å². The second-order valence-corrected chi connectivity index (χ2v) is 4.70. The van der Waals surface area contributed by atoms with Gasteiger partial charge >= 0.3 is 5.97 Å². The third kappa shape index (κ3) is 2.87. The van der Waals surface area contributed by atoms with Gasteiger partial charge in [-0.2, -0.15) is 0 Å². The third-order valence-electron chi connectivity index (χ3n) is 3.41. The Labute approximate surface area is 113 Å². The maximum absolute atomic E-state index is 11.6. The summed E-state index contributed by atoms with van der Waals surface area (Å²) < 4.78 is 4.70. The van der Waals surface area contributed by atoms with Crippen molar-refractivity contribution in [3.05, 3.63) is 52.3 Å². The van der Waals surface area contributed by atoms with E-state index in [2.05, 4.69) is 0 Å². The summed E-state index contributed by atoms with van der Waals surface area (Å²) in [7, 11) is 1.34. The Balaban J connectivity index is 2.40. The number of allylic oxidation sites excluding steroid dienone is 1. The fraction of sp³-hybridized carbons (Fsp3) is 0.312. The molecule has 2 rings (SSSR count). The van der Waals surface area contributed by atoms with E-state index in [-0.39, 0.29) is 5.76 Å². The molecule has 0 fully saturated rings. The molecule has 1 aliphatic carbocycles. The zero-order valence-electron chi connectivity index (χ0n) is 11.3. The van der Waals surface area contributed by atoms with Crippen molar-refractivity contribution in [1.29, 1.82) is 0 Å². The first-order valence-corrected chi connectivity index (χ1v) is 6.40. The van der Waals surface area contributed by atoms with Crippen LogP contribution in [-0.4, -0.2) is 18.2 Å². The number of hydrogen-bond acceptors (Lipinski definition) is 3. The molecule has 0 saturated carbocycles. The van der Waals surface area contributed by atoms with Crippen LogP contribution in [0.2, 0.25) is 0 Å². The zero-order valence-corrected chi connectivity index (χ0v) is 11.3. The van der Waals surface area contributed by atoms with Gasteiger partial charge in [-0.15, -0.1) is 0 Å². The molecule has 3 heteroatoms. The fourth-order valence-corrected chi connectivity index (χ4v) is 2.29. The summed E-state index contributed by atoms with van der Waals surface area (Å²) in [6.07, 6.45) is 4.16. The Bertz CT molecular complexity index is 553. The smallest absolute Gasteiger partial charge is 0.337 e. The summed E-state index contributed by atoms with van der Waals surface area (Å²) in [4.78, 5) is 11.6. The molecule has 19 heavy (non-hydrogen) atoms. The maximum Gasteiger partial charge on any atom is 0.337 e. The largest absolute Gasteiger partial charge is 0.507 e. The van der Waals surface area contributed by atoms with Gasteiger partial charge in [0, 0.05) is 0 Å². The van der Waals surface area contributed by atoms with E-state index in [4.69, 9.17) is 4.74 Å². The lowest BCUT2D eigenvalue weighted by Crippen LogP contribution is -2.13. The number of ether oxygens (including phenoxy) is 1. The SMILES string of the molecule is COC(=O)C1=C(O)/C(=C/c2ccccc2C)CCC1. The number of aliphatic hydroxyl groups excluding tert-OH is 1. The average molecular weight is 258 g/mol. The maximum atomic E-state index is 11.6. The normalized spacial score (nSPS) is 17.7. The topological polar surface area (TPSA) is 46.5 Å². The van der Waals surface area contributed by atoms with Crippen LogP contribution in [0.15, 0.2) is 41.2 Å². The first kappa shape index (κ1) is 13.4. The summed E-state index contributed by atoms with van der Waals surface area (Å²) in [5, 5.41) is 10.2. The number of hydrogen-bond donors (Lipinski definition) is 1. The summed E-state index contributed by atoms with van der Waals surface area (Å²) in [5.41, 5.74) is 3.40. The van der Waals surface area contributed by atoms with Crippen LogP contribution in [-0.2, 0) is 9.53 Å². The Morgan fingerprint density at radius 1 is 1.32 bits per heavy atom. The van der Waals surface area contributed by atoms with Crippen molar-refractivity contribution in [3.8, 4) is 0 Å². The average Bonchev–Trinajstić information content (AvgIpc) is 2.42. The Morgan fingerprint density at radius 2 is 2.05 bits per heavy atom. The van der Waals surface area contributed by atoms with Crippen LogP contribution in [0.25, 0.3) is 6.08 Å². The number of methoxy groups -OCH3 is 1. The molecule has 100 valence electrons. The molecule has 1 aliphatic rings. The van der Waals surface area contributed by atoms with Gasteiger partial charge in [0.05, 0.1) is 12.7 Å². The molecule has 1 aromatic rings. The van der Waals surface area contributed by atoms with Crippen molar-refractivity contribution in [1.82, 2.24) is 0 Å². The molecular formula is C16H18O3. The molecule has 0 bridgehead atoms. The van der Waals surface area contributed by atoms with Gasteiger partial charge in [-0.3, -0.25) is 0 Å². The molecule has 0 atom stereocenters. The highest BCUT2D eigenvalue weighted by molar-refractivity contribution is 5.90. The molecule has 0 unspecified atom stereocenters. The van der Waals surface area contributed by atoms with E-state index in [0.29, 0.717) is 12.0 Å². The summed E-state index contributed by atoms with van der Waals surface area (Å²) in [5.74, 6) is -0.353. The number of benzene rings is 1. The van der Waals surface area contributed by atoms with Crippen molar-refractivity contribution >= 4 is 12.0 Å². The van der Waals surface area contributed by atoms with Crippen molar-refractivity contribution in [2.45, 2.75) is 26.2 Å². The summed E-state index contributed by atoms with van der Waals surface area (Å²) >= 11 is 0. The van der Waals surface area contributed by atoms with Crippen molar-refractivity contribution < 1.29 is 14.6 Å². The predicted octanol–water partition coefficient (Wildman–Crippen LogP) is 3.55. The lowest BCUT2D eigenvalue weighted by atomic mass is 9.91. The zero-order chi connectivity index (χ0) is 13.8. The Kier molecular flexibility index (Phi) is 4.05. The van der Waals surface area contributed by atoms with Gasteiger partial charge in [-0.1, -0.05) is 24.3 Å². The predicted molar refractivity (Wildman–Crippen MR) is 74.7 cm³/mol. The van der Waals surface area contributed by atoms with E-state index >= 15 is 0 Å². The lowest BCUT2D eigenvalue weighted by molar-refractivity contribution is -0.136. The highest BCUT2D eigenvalue weighted by Gasteiger charge is 2.22. The summed E-state index contributed by atoms with van der Waals surface area (Å²) in [6.45, 7) is 2.02. The van der Waals surface area contributed by atoms with Gasteiger partial charge in [0.15, 0.2) is 0 Å². The molecule has 0 aliphatic heterocycles. The highest BCUT2D eigenvalue weighted by atomic mass is 16.5. The molecule has 0 saturated heterocycles. The third-order valence-corrected chi connectivity index (χ3v) is 3.41. The second-order valence-electron chi connectivity index (χ2n) is 4.70. The minimum Gasteiger partial charge on any atom is -0.507 e. The minimum atomic E-state index is -0.437. The standard InChI is InChI=1S/C16H18O3/c1-11-6-3-4-7-12(11)10-13-8-5-9-14(15(13)17)16(18)19-2/h3-4,6-7,10,17H,5,8-9H2,1-2H3/b13-10+. The van der Waals surface area contributed by atoms with Gasteiger partial charge in [0.25, 0.3) is 0 Å². The fourth-order valence-electron chi connectivity index (χ4n) is 2.29. The molecule has 0 spiro atoms.